The number of hydrogen-bond acceptors (Lipinski definition) is 3. The van der Waals surface area contributed by atoms with E-state index in [0.717, 1.165) is 16.5 Å². The minimum Gasteiger partial charge on any atom is -0.389 e. The summed E-state index contributed by atoms with van der Waals surface area (Å²) in [5.74, 6) is -0.413. The van der Waals surface area contributed by atoms with Crippen molar-refractivity contribution in [3.8, 4) is 0 Å². The first-order valence-electron chi connectivity index (χ1n) is 11.2. The van der Waals surface area contributed by atoms with E-state index in [-0.39, 0.29) is 0 Å². The molecule has 5 nitrogen and oxygen atoms in total. The van der Waals surface area contributed by atoms with Crippen molar-refractivity contribution in [3.05, 3.63) is 59.1 Å². The number of aliphatic hydroxyl groups is 3. The molecule has 1 aromatic carbocycles. The number of alkyl halides is 1. The number of aliphatic hydroxyl groups excluding tert-OH is 2. The lowest BCUT2D eigenvalue weighted by atomic mass is 9.38. The van der Waals surface area contributed by atoms with Gasteiger partial charge in [0.05, 0.1) is 28.0 Å². The summed E-state index contributed by atoms with van der Waals surface area (Å²) in [7, 11) is 0. The van der Waals surface area contributed by atoms with Crippen molar-refractivity contribution in [1.29, 1.82) is 0 Å². The van der Waals surface area contributed by atoms with Gasteiger partial charge in [-0.3, -0.25) is 0 Å². The van der Waals surface area contributed by atoms with Crippen molar-refractivity contribution >= 4 is 22.5 Å². The van der Waals surface area contributed by atoms with Crippen LogP contribution in [0, 0.1) is 23.3 Å². The zero-order chi connectivity index (χ0) is 23.6. The fourth-order valence-electron chi connectivity index (χ4n) is 7.87. The van der Waals surface area contributed by atoms with Gasteiger partial charge in [-0.05, 0) is 44.2 Å². The smallest absolute Gasteiger partial charge is 0.282 e. The summed E-state index contributed by atoms with van der Waals surface area (Å²) in [6, 6.07) is 5.93. The summed E-state index contributed by atoms with van der Waals surface area (Å²) in [5.41, 5.74) is -3.29. The molecule has 0 unspecified atom stereocenters. The number of benzene rings is 1. The molecule has 2 aromatic rings. The Morgan fingerprint density at radius 3 is 2.47 bits per heavy atom. The van der Waals surface area contributed by atoms with Crippen molar-refractivity contribution in [3.63, 3.8) is 0 Å². The van der Waals surface area contributed by atoms with Crippen LogP contribution >= 0.6 is 11.6 Å². The number of rotatable bonds is 1. The third kappa shape index (κ3) is 1.88. The lowest BCUT2D eigenvalue weighted by Gasteiger charge is -2.64. The Bertz CT molecular complexity index is 1210. The van der Waals surface area contributed by atoms with Crippen LogP contribution in [-0.2, 0) is 11.0 Å². The van der Waals surface area contributed by atoms with Gasteiger partial charge in [0, 0.05) is 22.4 Å². The Balaban J connectivity index is 2.10. The van der Waals surface area contributed by atoms with E-state index in [2.05, 4.69) is 36.3 Å². The lowest BCUT2D eigenvalue weighted by Crippen LogP contribution is -2.77. The van der Waals surface area contributed by atoms with E-state index >= 15 is 0 Å². The van der Waals surface area contributed by atoms with Gasteiger partial charge in [0.25, 0.3) is 5.54 Å². The first-order valence-corrected chi connectivity index (χ1v) is 11.6. The third-order valence-electron chi connectivity index (χ3n) is 9.59. The molecule has 1 aromatic heterocycles. The predicted molar refractivity (Wildman–Crippen MR) is 125 cm³/mol. The Morgan fingerprint density at radius 2 is 1.88 bits per heavy atom. The molecular weight excluding hydrogens is 424 g/mol. The zero-order valence-electron chi connectivity index (χ0n) is 19.2. The highest BCUT2D eigenvalue weighted by molar-refractivity contribution is 6.21. The quantitative estimate of drug-likeness (QED) is 0.290. The molecule has 6 heteroatoms. The first-order chi connectivity index (χ1) is 14.8. The van der Waals surface area contributed by atoms with Crippen LogP contribution in [0.2, 0.25) is 0 Å². The summed E-state index contributed by atoms with van der Waals surface area (Å²) < 4.78 is 0. The molecule has 0 amide bonds. The van der Waals surface area contributed by atoms with Crippen molar-refractivity contribution in [2.24, 2.45) is 16.7 Å². The predicted octanol–water partition coefficient (Wildman–Crippen LogP) is 4.56. The number of aromatic nitrogens is 1. The zero-order valence-corrected chi connectivity index (χ0v) is 20.0. The van der Waals surface area contributed by atoms with Crippen molar-refractivity contribution < 1.29 is 15.3 Å². The van der Waals surface area contributed by atoms with E-state index in [9.17, 15) is 15.3 Å². The molecule has 170 valence electrons. The molecule has 1 saturated carbocycles. The van der Waals surface area contributed by atoms with Crippen molar-refractivity contribution in [1.82, 2.24) is 4.98 Å². The standard InChI is InChI=1S/C26H31ClN2O3/c1-8-24(6)16(27)12-15-22(2,3)13-10-9-11-14-17(13)18-19(29-14)20(30)21(31)23(4,5)26(24,28-7)25(15,18)32/h8-11,15-16,20-21,29-32H,1,12H2,2-6H3/t15-,16-,20+,21-,24+,25-,26+/m1/s1. The molecule has 0 saturated heterocycles. The molecule has 3 aliphatic rings. The number of hydrogen-bond donors (Lipinski definition) is 4. The summed E-state index contributed by atoms with van der Waals surface area (Å²) in [4.78, 5) is 7.54. The van der Waals surface area contributed by atoms with Crippen LogP contribution in [0.25, 0.3) is 15.7 Å². The van der Waals surface area contributed by atoms with Crippen LogP contribution in [0.1, 0.15) is 64.0 Å². The molecule has 0 radical (unpaired) electrons. The highest BCUT2D eigenvalue weighted by Crippen LogP contribution is 2.74. The Morgan fingerprint density at radius 1 is 1.22 bits per heavy atom. The number of halogens is 1. The third-order valence-corrected chi connectivity index (χ3v) is 10.2. The Kier molecular flexibility index (Phi) is 4.11. The Labute approximate surface area is 193 Å². The molecule has 0 aliphatic heterocycles. The van der Waals surface area contributed by atoms with Gasteiger partial charge in [-0.2, -0.15) is 0 Å². The van der Waals surface area contributed by atoms with E-state index in [1.807, 2.05) is 19.1 Å². The number of nitrogens with zero attached hydrogens (tertiary/aromatic N) is 1. The monoisotopic (exact) mass is 454 g/mol. The van der Waals surface area contributed by atoms with E-state index < -0.39 is 50.9 Å². The fourth-order valence-corrected chi connectivity index (χ4v) is 8.30. The highest BCUT2D eigenvalue weighted by atomic mass is 35.5. The van der Waals surface area contributed by atoms with Crippen LogP contribution in [0.5, 0.6) is 0 Å². The van der Waals surface area contributed by atoms with Gasteiger partial charge >= 0.3 is 0 Å². The van der Waals surface area contributed by atoms with Crippen molar-refractivity contribution in [2.75, 3.05) is 0 Å². The number of H-pyrrole nitrogens is 1. The van der Waals surface area contributed by atoms with Gasteiger partial charge in [-0.1, -0.05) is 32.1 Å². The summed E-state index contributed by atoms with van der Waals surface area (Å²) >= 11 is 7.09. The topological polar surface area (TPSA) is 80.8 Å². The molecule has 3 aliphatic carbocycles. The van der Waals surface area contributed by atoms with E-state index in [4.69, 9.17) is 18.2 Å². The number of aromatic amines is 1. The second kappa shape index (κ2) is 5.98. The lowest BCUT2D eigenvalue weighted by molar-refractivity contribution is -0.214. The molecule has 1 fully saturated rings. The molecule has 0 bridgehead atoms. The van der Waals surface area contributed by atoms with Crippen LogP contribution in [0.15, 0.2) is 30.9 Å². The van der Waals surface area contributed by atoms with Crippen LogP contribution < -0.4 is 0 Å². The normalized spacial score (nSPS) is 43.4. The molecule has 0 spiro atoms. The highest BCUT2D eigenvalue weighted by Gasteiger charge is 2.85. The molecule has 4 N–H and O–H groups in total. The van der Waals surface area contributed by atoms with Gasteiger partial charge in [0.1, 0.15) is 6.10 Å². The largest absolute Gasteiger partial charge is 0.389 e. The second-order valence-corrected chi connectivity index (χ2v) is 11.8. The molecule has 7 atom stereocenters. The van der Waals surface area contributed by atoms with Crippen LogP contribution in [0.4, 0.5) is 0 Å². The second-order valence-electron chi connectivity index (χ2n) is 11.3. The van der Waals surface area contributed by atoms with Gasteiger partial charge < -0.3 is 25.1 Å². The molecule has 5 rings (SSSR count). The van der Waals surface area contributed by atoms with Gasteiger partial charge in [-0.25, -0.2) is 6.57 Å². The van der Waals surface area contributed by atoms with Gasteiger partial charge in [-0.15, -0.1) is 18.2 Å². The molecular formula is C26H31ClN2O3. The maximum atomic E-state index is 13.1. The maximum absolute atomic E-state index is 13.1. The average Bonchev–Trinajstić information content (AvgIpc) is 3.13. The molecule has 1 heterocycles. The van der Waals surface area contributed by atoms with Gasteiger partial charge in [0.2, 0.25) is 0 Å². The van der Waals surface area contributed by atoms with Crippen molar-refractivity contribution in [2.45, 2.75) is 75.2 Å². The fraction of sp³-hybridized carbons (Fsp3) is 0.577. The van der Waals surface area contributed by atoms with E-state index in [1.54, 1.807) is 19.9 Å². The minimum absolute atomic E-state index is 0.390. The first kappa shape index (κ1) is 22.0. The number of nitrogens with one attached hydrogen (secondary N) is 1. The molecule has 32 heavy (non-hydrogen) atoms. The maximum Gasteiger partial charge on any atom is 0.282 e. The van der Waals surface area contributed by atoms with Crippen LogP contribution in [0.3, 0.4) is 0 Å². The van der Waals surface area contributed by atoms with Crippen LogP contribution in [-0.4, -0.2) is 37.3 Å². The van der Waals surface area contributed by atoms with Gasteiger partial charge in [0.15, 0.2) is 5.60 Å². The van der Waals surface area contributed by atoms with E-state index in [0.29, 0.717) is 17.7 Å². The summed E-state index contributed by atoms with van der Waals surface area (Å²) in [5, 5.41) is 36.4. The van der Waals surface area contributed by atoms with E-state index in [1.165, 1.54) is 0 Å². The summed E-state index contributed by atoms with van der Waals surface area (Å²) in [6.07, 6.45) is -0.463. The minimum atomic E-state index is -1.68. The average molecular weight is 455 g/mol. The SMILES string of the molecule is [C-]#[N+][C@]12C(C)(C)[C@H](O)[C@@H](O)c3[nH]c4cccc5c4c3[C@]1(O)[C@H](C[C@@H](Cl)[C@]2(C)C=C)C5(C)C. The summed E-state index contributed by atoms with van der Waals surface area (Å²) in [6.45, 7) is 22.2. The Hall–Kier alpha value is -1.84.